The first-order valence-corrected chi connectivity index (χ1v) is 7.12. The van der Waals surface area contributed by atoms with Gasteiger partial charge in [0.1, 0.15) is 11.5 Å². The third-order valence-corrected chi connectivity index (χ3v) is 3.58. The first-order chi connectivity index (χ1) is 11.0. The van der Waals surface area contributed by atoms with E-state index in [9.17, 15) is 14.7 Å². The third kappa shape index (κ3) is 4.33. The summed E-state index contributed by atoms with van der Waals surface area (Å²) in [6, 6.07) is 4.66. The third-order valence-electron chi connectivity index (χ3n) is 2.68. The van der Waals surface area contributed by atoms with Gasteiger partial charge in [0, 0.05) is 11.6 Å². The van der Waals surface area contributed by atoms with Crippen LogP contribution in [0.1, 0.15) is 5.56 Å². The van der Waals surface area contributed by atoms with Gasteiger partial charge in [-0.05, 0) is 30.0 Å². The zero-order chi connectivity index (χ0) is 16.8. The number of carbonyl (C=O) groups is 2. The Kier molecular flexibility index (Phi) is 5.36. The van der Waals surface area contributed by atoms with Crippen LogP contribution in [0.5, 0.6) is 11.5 Å². The minimum atomic E-state index is -0.631. The maximum atomic E-state index is 11.6. The molecule has 0 bridgehead atoms. The number of nitrogens with one attached hydrogen (secondary N) is 1. The van der Waals surface area contributed by atoms with Crippen molar-refractivity contribution in [1.82, 2.24) is 5.32 Å². The number of hydrogen-bond acceptors (Lipinski definition) is 8. The van der Waals surface area contributed by atoms with Crippen molar-refractivity contribution in [3.63, 3.8) is 0 Å². The number of thioether (sulfide) groups is 1. The second-order valence-electron chi connectivity index (χ2n) is 4.16. The first-order valence-electron chi connectivity index (χ1n) is 6.30. The minimum absolute atomic E-state index is 0.0177. The van der Waals surface area contributed by atoms with E-state index in [1.807, 2.05) is 0 Å². The van der Waals surface area contributed by atoms with Crippen LogP contribution >= 0.6 is 11.8 Å². The standard InChI is InChI=1S/C14H13N3O5S/c1-21-9-3-4-10(18)8(5-9)7-15-17-14-16-13(20)11(23-14)6-12(19)22-2/h3-7,18H,1-2H3,(H,16,17,20)/b11-6+,15-7?. The lowest BCUT2D eigenvalue weighted by Crippen LogP contribution is -2.19. The molecule has 0 aromatic heterocycles. The Balaban J connectivity index is 2.11. The number of esters is 1. The van der Waals surface area contributed by atoms with E-state index in [4.69, 9.17) is 4.74 Å². The van der Waals surface area contributed by atoms with Gasteiger partial charge in [-0.15, -0.1) is 5.10 Å². The summed E-state index contributed by atoms with van der Waals surface area (Å²) in [5.74, 6) is -0.514. The Bertz CT molecular complexity index is 727. The van der Waals surface area contributed by atoms with Crippen LogP contribution in [0.4, 0.5) is 0 Å². The van der Waals surface area contributed by atoms with Crippen LogP contribution in [0, 0.1) is 0 Å². The molecule has 0 radical (unpaired) electrons. The monoisotopic (exact) mass is 335 g/mol. The molecule has 0 unspecified atom stereocenters. The number of methoxy groups -OCH3 is 2. The minimum Gasteiger partial charge on any atom is -0.507 e. The van der Waals surface area contributed by atoms with Crippen LogP contribution in [0.15, 0.2) is 39.4 Å². The van der Waals surface area contributed by atoms with Crippen LogP contribution in [0.25, 0.3) is 0 Å². The van der Waals surface area contributed by atoms with Crippen molar-refractivity contribution < 1.29 is 24.2 Å². The lowest BCUT2D eigenvalue weighted by atomic mass is 10.2. The molecule has 1 aliphatic heterocycles. The van der Waals surface area contributed by atoms with Crippen LogP contribution in [-0.4, -0.2) is 42.6 Å². The van der Waals surface area contributed by atoms with Gasteiger partial charge in [0.2, 0.25) is 0 Å². The Morgan fingerprint density at radius 1 is 1.39 bits per heavy atom. The summed E-state index contributed by atoms with van der Waals surface area (Å²) in [6.45, 7) is 0. The predicted molar refractivity (Wildman–Crippen MR) is 85.5 cm³/mol. The van der Waals surface area contributed by atoms with Crippen molar-refractivity contribution in [2.45, 2.75) is 0 Å². The average Bonchev–Trinajstić information content (AvgIpc) is 2.88. The fraction of sp³-hybridized carbons (Fsp3) is 0.143. The highest BCUT2D eigenvalue weighted by Gasteiger charge is 2.24. The Morgan fingerprint density at radius 2 is 2.17 bits per heavy atom. The van der Waals surface area contributed by atoms with Gasteiger partial charge in [0.15, 0.2) is 5.17 Å². The van der Waals surface area contributed by atoms with Gasteiger partial charge < -0.3 is 14.6 Å². The lowest BCUT2D eigenvalue weighted by molar-refractivity contribution is -0.135. The molecule has 120 valence electrons. The molecular formula is C14H13N3O5S. The second kappa shape index (κ2) is 7.45. The molecule has 8 nitrogen and oxygen atoms in total. The summed E-state index contributed by atoms with van der Waals surface area (Å²) >= 11 is 0.958. The molecule has 1 amide bonds. The molecule has 1 heterocycles. The summed E-state index contributed by atoms with van der Waals surface area (Å²) in [7, 11) is 2.73. The van der Waals surface area contributed by atoms with Gasteiger partial charge in [-0.2, -0.15) is 5.10 Å². The van der Waals surface area contributed by atoms with Gasteiger partial charge in [0.25, 0.3) is 5.91 Å². The van der Waals surface area contributed by atoms with Gasteiger partial charge in [0.05, 0.1) is 25.3 Å². The number of ether oxygens (including phenoxy) is 2. The fourth-order valence-corrected chi connectivity index (χ4v) is 2.29. The highest BCUT2D eigenvalue weighted by atomic mass is 32.2. The van der Waals surface area contributed by atoms with E-state index in [1.54, 1.807) is 12.1 Å². The van der Waals surface area contributed by atoms with Gasteiger partial charge in [-0.1, -0.05) is 0 Å². The van der Waals surface area contributed by atoms with Gasteiger partial charge in [-0.3, -0.25) is 10.1 Å². The van der Waals surface area contributed by atoms with Crippen LogP contribution in [-0.2, 0) is 14.3 Å². The number of carbonyl (C=O) groups excluding carboxylic acids is 2. The van der Waals surface area contributed by atoms with Crippen molar-refractivity contribution in [2.75, 3.05) is 14.2 Å². The molecule has 1 aromatic carbocycles. The van der Waals surface area contributed by atoms with Crippen LogP contribution < -0.4 is 10.1 Å². The summed E-state index contributed by atoms with van der Waals surface area (Å²) in [5.41, 5.74) is 0.411. The molecule has 1 fully saturated rings. The van der Waals surface area contributed by atoms with Crippen LogP contribution in [0.3, 0.4) is 0 Å². The molecule has 1 aliphatic rings. The van der Waals surface area contributed by atoms with E-state index in [-0.39, 0.29) is 15.8 Å². The summed E-state index contributed by atoms with van der Waals surface area (Å²) in [5, 5.41) is 20.0. The van der Waals surface area contributed by atoms with Crippen molar-refractivity contribution in [1.29, 1.82) is 0 Å². The first kappa shape index (κ1) is 16.6. The quantitative estimate of drug-likeness (QED) is 0.368. The molecule has 2 rings (SSSR count). The van der Waals surface area contributed by atoms with E-state index in [2.05, 4.69) is 20.3 Å². The van der Waals surface area contributed by atoms with Gasteiger partial charge in [-0.25, -0.2) is 4.79 Å². The number of amides is 1. The predicted octanol–water partition coefficient (Wildman–Crippen LogP) is 1.01. The topological polar surface area (TPSA) is 110 Å². The van der Waals surface area contributed by atoms with E-state index in [0.29, 0.717) is 11.3 Å². The molecule has 0 saturated carbocycles. The van der Waals surface area contributed by atoms with Gasteiger partial charge >= 0.3 is 5.97 Å². The van der Waals surface area contributed by atoms with E-state index < -0.39 is 11.9 Å². The fourth-order valence-electron chi connectivity index (χ4n) is 1.55. The number of hydrogen-bond donors (Lipinski definition) is 2. The molecule has 1 saturated heterocycles. The van der Waals surface area contributed by atoms with Crippen molar-refractivity contribution >= 4 is 35.0 Å². The summed E-state index contributed by atoms with van der Waals surface area (Å²) < 4.78 is 9.50. The second-order valence-corrected chi connectivity index (χ2v) is 5.19. The maximum absolute atomic E-state index is 11.6. The Labute approximate surface area is 135 Å². The highest BCUT2D eigenvalue weighted by molar-refractivity contribution is 8.18. The molecule has 9 heteroatoms. The molecule has 0 aliphatic carbocycles. The average molecular weight is 335 g/mol. The van der Waals surface area contributed by atoms with E-state index in [0.717, 1.165) is 17.8 Å². The zero-order valence-corrected chi connectivity index (χ0v) is 13.1. The molecule has 1 aromatic rings. The SMILES string of the molecule is COC(=O)/C=C1/S/C(=N\N=Cc2cc(OC)ccc2O)NC1=O. The summed E-state index contributed by atoms with van der Waals surface area (Å²) in [4.78, 5) is 22.9. The number of nitrogens with zero attached hydrogens (tertiary/aromatic N) is 2. The smallest absolute Gasteiger partial charge is 0.331 e. The number of benzene rings is 1. The summed E-state index contributed by atoms with van der Waals surface area (Å²) in [6.07, 6.45) is 2.39. The normalized spacial score (nSPS) is 17.7. The molecule has 2 N–H and O–H groups in total. The Morgan fingerprint density at radius 3 is 2.87 bits per heavy atom. The van der Waals surface area contributed by atoms with Crippen molar-refractivity contribution in [3.05, 3.63) is 34.7 Å². The highest BCUT2D eigenvalue weighted by Crippen LogP contribution is 2.24. The zero-order valence-electron chi connectivity index (χ0n) is 12.3. The lowest BCUT2D eigenvalue weighted by Gasteiger charge is -2.02. The number of phenolic OH excluding ortho intramolecular Hbond substituents is 1. The van der Waals surface area contributed by atoms with Crippen LogP contribution in [0.2, 0.25) is 0 Å². The number of rotatable bonds is 4. The Hall–Kier alpha value is -2.81. The van der Waals surface area contributed by atoms with E-state index in [1.165, 1.54) is 26.5 Å². The maximum Gasteiger partial charge on any atom is 0.331 e. The molecular weight excluding hydrogens is 322 g/mol. The largest absolute Gasteiger partial charge is 0.507 e. The van der Waals surface area contributed by atoms with E-state index >= 15 is 0 Å². The van der Waals surface area contributed by atoms with Crippen molar-refractivity contribution in [2.24, 2.45) is 10.2 Å². The molecule has 0 atom stereocenters. The molecule has 0 spiro atoms. The number of aromatic hydroxyl groups is 1. The number of phenols is 1. The van der Waals surface area contributed by atoms with Crippen molar-refractivity contribution in [3.8, 4) is 11.5 Å². The molecule has 23 heavy (non-hydrogen) atoms. The number of amidine groups is 1.